The van der Waals surface area contributed by atoms with Gasteiger partial charge in [0, 0.05) is 19.6 Å². The third kappa shape index (κ3) is 6.83. The monoisotopic (exact) mass is 198 g/mol. The zero-order valence-electron chi connectivity index (χ0n) is 7.37. The van der Waals surface area contributed by atoms with Crippen LogP contribution < -0.4 is 5.73 Å². The average molecular weight is 198 g/mol. The van der Waals surface area contributed by atoms with E-state index in [1.165, 1.54) is 4.90 Å². The SMILES string of the molecule is NCCN(CC(F)F)CC(O)CO. The molecule has 13 heavy (non-hydrogen) atoms. The zero-order valence-corrected chi connectivity index (χ0v) is 7.37. The highest BCUT2D eigenvalue weighted by atomic mass is 19.3. The van der Waals surface area contributed by atoms with Crippen LogP contribution in [0.3, 0.4) is 0 Å². The summed E-state index contributed by atoms with van der Waals surface area (Å²) in [7, 11) is 0. The first-order valence-corrected chi connectivity index (χ1v) is 4.09. The molecule has 80 valence electrons. The number of hydrogen-bond acceptors (Lipinski definition) is 4. The molecule has 0 aromatic heterocycles. The van der Waals surface area contributed by atoms with Gasteiger partial charge in [-0.05, 0) is 0 Å². The second-order valence-electron chi connectivity index (χ2n) is 2.78. The van der Waals surface area contributed by atoms with Gasteiger partial charge < -0.3 is 15.9 Å². The molecule has 0 radical (unpaired) electrons. The Labute approximate surface area is 75.9 Å². The summed E-state index contributed by atoms with van der Waals surface area (Å²) in [4.78, 5) is 1.32. The zero-order chi connectivity index (χ0) is 10.3. The molecule has 4 nitrogen and oxygen atoms in total. The van der Waals surface area contributed by atoms with E-state index in [0.29, 0.717) is 6.54 Å². The molecule has 0 amide bonds. The van der Waals surface area contributed by atoms with Crippen molar-refractivity contribution in [2.45, 2.75) is 12.5 Å². The molecule has 1 atom stereocenters. The minimum Gasteiger partial charge on any atom is -0.394 e. The lowest BCUT2D eigenvalue weighted by atomic mass is 10.3. The second kappa shape index (κ2) is 7.14. The highest BCUT2D eigenvalue weighted by Gasteiger charge is 2.14. The Kier molecular flexibility index (Phi) is 6.97. The summed E-state index contributed by atoms with van der Waals surface area (Å²) in [6, 6.07) is 0. The molecule has 0 spiro atoms. The van der Waals surface area contributed by atoms with Gasteiger partial charge in [0.05, 0.1) is 19.3 Å². The van der Waals surface area contributed by atoms with E-state index >= 15 is 0 Å². The van der Waals surface area contributed by atoms with Crippen LogP contribution in [0.25, 0.3) is 0 Å². The second-order valence-corrected chi connectivity index (χ2v) is 2.78. The minimum absolute atomic E-state index is 0.0258. The van der Waals surface area contributed by atoms with Gasteiger partial charge in [-0.15, -0.1) is 0 Å². The fraction of sp³-hybridized carbons (Fsp3) is 1.00. The standard InChI is InChI=1S/C7H16F2N2O2/c8-7(9)4-11(2-1-10)3-6(13)5-12/h6-7,12-13H,1-5,10H2. The largest absolute Gasteiger partial charge is 0.394 e. The van der Waals surface area contributed by atoms with Gasteiger partial charge in [0.1, 0.15) is 0 Å². The molecule has 0 heterocycles. The predicted octanol–water partition coefficient (Wildman–Crippen LogP) is -1.13. The van der Waals surface area contributed by atoms with Gasteiger partial charge in [0.15, 0.2) is 0 Å². The molecule has 0 aliphatic heterocycles. The summed E-state index contributed by atoms with van der Waals surface area (Å²) < 4.78 is 23.9. The van der Waals surface area contributed by atoms with Gasteiger partial charge in [-0.3, -0.25) is 4.90 Å². The topological polar surface area (TPSA) is 69.7 Å². The highest BCUT2D eigenvalue weighted by Crippen LogP contribution is 1.99. The Hall–Kier alpha value is -0.300. The van der Waals surface area contributed by atoms with Crippen molar-refractivity contribution in [3.63, 3.8) is 0 Å². The van der Waals surface area contributed by atoms with Crippen LogP contribution >= 0.6 is 0 Å². The number of aliphatic hydroxyl groups is 2. The Morgan fingerprint density at radius 2 is 1.92 bits per heavy atom. The molecule has 0 bridgehead atoms. The fourth-order valence-corrected chi connectivity index (χ4v) is 0.991. The molecule has 4 N–H and O–H groups in total. The number of rotatable bonds is 7. The van der Waals surface area contributed by atoms with Crippen molar-refractivity contribution in [3.8, 4) is 0 Å². The van der Waals surface area contributed by atoms with Crippen LogP contribution in [0, 0.1) is 0 Å². The molecule has 0 saturated carbocycles. The maximum absolute atomic E-state index is 11.9. The predicted molar refractivity (Wildman–Crippen MR) is 44.6 cm³/mol. The molecule has 0 saturated heterocycles. The minimum atomic E-state index is -2.45. The Morgan fingerprint density at radius 1 is 1.31 bits per heavy atom. The maximum Gasteiger partial charge on any atom is 0.251 e. The highest BCUT2D eigenvalue weighted by molar-refractivity contribution is 4.65. The van der Waals surface area contributed by atoms with Crippen molar-refractivity contribution in [2.75, 3.05) is 32.8 Å². The first kappa shape index (κ1) is 12.7. The molecule has 0 rings (SSSR count). The molecule has 6 heteroatoms. The first-order chi connectivity index (χ1) is 6.10. The van der Waals surface area contributed by atoms with E-state index in [1.807, 2.05) is 0 Å². The molecule has 0 fully saturated rings. The first-order valence-electron chi connectivity index (χ1n) is 4.09. The van der Waals surface area contributed by atoms with E-state index in [2.05, 4.69) is 0 Å². The van der Waals surface area contributed by atoms with Crippen LogP contribution in [0.15, 0.2) is 0 Å². The van der Waals surface area contributed by atoms with Gasteiger partial charge in [0.2, 0.25) is 0 Å². The van der Waals surface area contributed by atoms with E-state index in [0.717, 1.165) is 0 Å². The lowest BCUT2D eigenvalue weighted by molar-refractivity contribution is 0.0324. The Balaban J connectivity index is 3.78. The lowest BCUT2D eigenvalue weighted by Crippen LogP contribution is -2.40. The van der Waals surface area contributed by atoms with E-state index in [-0.39, 0.29) is 13.1 Å². The summed E-state index contributed by atoms with van der Waals surface area (Å²) >= 11 is 0. The van der Waals surface area contributed by atoms with Crippen molar-refractivity contribution < 1.29 is 19.0 Å². The van der Waals surface area contributed by atoms with Crippen LogP contribution in [-0.4, -0.2) is 60.4 Å². The van der Waals surface area contributed by atoms with Crippen LogP contribution in [0.4, 0.5) is 8.78 Å². The van der Waals surface area contributed by atoms with E-state index in [4.69, 9.17) is 15.9 Å². The fourth-order valence-electron chi connectivity index (χ4n) is 0.991. The van der Waals surface area contributed by atoms with Gasteiger partial charge >= 0.3 is 0 Å². The maximum atomic E-state index is 11.9. The number of nitrogens with two attached hydrogens (primary N) is 1. The molecular formula is C7H16F2N2O2. The van der Waals surface area contributed by atoms with Crippen molar-refractivity contribution in [3.05, 3.63) is 0 Å². The number of aliphatic hydroxyl groups excluding tert-OH is 2. The van der Waals surface area contributed by atoms with Crippen LogP contribution in [0.5, 0.6) is 0 Å². The molecule has 0 aliphatic carbocycles. The summed E-state index contributed by atoms with van der Waals surface area (Å²) in [6.45, 7) is -0.275. The van der Waals surface area contributed by atoms with Crippen molar-refractivity contribution in [1.82, 2.24) is 4.90 Å². The van der Waals surface area contributed by atoms with Gasteiger partial charge in [0.25, 0.3) is 6.43 Å². The van der Waals surface area contributed by atoms with Crippen LogP contribution in [-0.2, 0) is 0 Å². The molecule has 0 aliphatic rings. The number of hydrogen-bond donors (Lipinski definition) is 3. The van der Waals surface area contributed by atoms with Gasteiger partial charge in [-0.2, -0.15) is 0 Å². The molecule has 0 aromatic carbocycles. The summed E-state index contributed by atoms with van der Waals surface area (Å²) in [6.07, 6.45) is -3.43. The Morgan fingerprint density at radius 3 is 2.31 bits per heavy atom. The molecule has 1 unspecified atom stereocenters. The molecular weight excluding hydrogens is 182 g/mol. The molecule has 0 aromatic rings. The van der Waals surface area contributed by atoms with Gasteiger partial charge in [-0.1, -0.05) is 0 Å². The number of halogens is 2. The quantitative estimate of drug-likeness (QED) is 0.484. The summed E-state index contributed by atoms with van der Waals surface area (Å²) in [5, 5.41) is 17.5. The van der Waals surface area contributed by atoms with E-state index in [1.54, 1.807) is 0 Å². The number of alkyl halides is 2. The van der Waals surface area contributed by atoms with Crippen LogP contribution in [0.1, 0.15) is 0 Å². The Bertz CT molecular complexity index is 127. The van der Waals surface area contributed by atoms with Crippen molar-refractivity contribution in [2.24, 2.45) is 5.73 Å². The normalized spacial score (nSPS) is 14.1. The van der Waals surface area contributed by atoms with Crippen molar-refractivity contribution in [1.29, 1.82) is 0 Å². The summed E-state index contributed by atoms with van der Waals surface area (Å²) in [5.41, 5.74) is 5.19. The third-order valence-corrected chi connectivity index (χ3v) is 1.52. The smallest absolute Gasteiger partial charge is 0.251 e. The van der Waals surface area contributed by atoms with E-state index < -0.39 is 25.7 Å². The summed E-state index contributed by atoms with van der Waals surface area (Å²) in [5.74, 6) is 0. The third-order valence-electron chi connectivity index (χ3n) is 1.52. The van der Waals surface area contributed by atoms with E-state index in [9.17, 15) is 8.78 Å². The average Bonchev–Trinajstić information content (AvgIpc) is 2.03. The number of nitrogens with zero attached hydrogens (tertiary/aromatic N) is 1. The lowest BCUT2D eigenvalue weighted by Gasteiger charge is -2.22. The van der Waals surface area contributed by atoms with Gasteiger partial charge in [-0.25, -0.2) is 8.78 Å². The van der Waals surface area contributed by atoms with Crippen molar-refractivity contribution >= 4 is 0 Å². The van der Waals surface area contributed by atoms with Crippen LogP contribution in [0.2, 0.25) is 0 Å².